The molecule has 1 aliphatic heterocycles. The van der Waals surface area contributed by atoms with Gasteiger partial charge in [0.15, 0.2) is 0 Å². The van der Waals surface area contributed by atoms with Crippen molar-refractivity contribution in [3.63, 3.8) is 0 Å². The van der Waals surface area contributed by atoms with Crippen molar-refractivity contribution in [2.24, 2.45) is 0 Å². The molecule has 3 nitrogen and oxygen atoms in total. The summed E-state index contributed by atoms with van der Waals surface area (Å²) in [6.45, 7) is 0. The topological polar surface area (TPSA) is 38.3 Å². The van der Waals surface area contributed by atoms with Crippen LogP contribution in [0.4, 0.5) is 10.1 Å². The van der Waals surface area contributed by atoms with Crippen LogP contribution in [0.5, 0.6) is 5.75 Å². The summed E-state index contributed by atoms with van der Waals surface area (Å²) >= 11 is 3.14. The molecule has 2 aromatic carbocycles. The standard InChI is InChI=1S/C16H11BrFNO2/c1-21-10-5-6-11-12(16(20)19-14(11)8-10)7-9-3-2-4-13(17)15(9)18/h2-8H,1H3,(H,19,20)/b12-7+. The number of ether oxygens (including phenoxy) is 1. The second-order valence-corrected chi connectivity index (χ2v) is 5.42. The maximum atomic E-state index is 14.0. The number of hydrogen-bond acceptors (Lipinski definition) is 2. The molecule has 0 unspecified atom stereocenters. The number of methoxy groups -OCH3 is 1. The van der Waals surface area contributed by atoms with Crippen molar-refractivity contribution in [2.45, 2.75) is 0 Å². The van der Waals surface area contributed by atoms with Crippen molar-refractivity contribution >= 4 is 39.2 Å². The van der Waals surface area contributed by atoms with Gasteiger partial charge in [0.05, 0.1) is 17.3 Å². The molecule has 106 valence electrons. The van der Waals surface area contributed by atoms with Crippen LogP contribution in [0.15, 0.2) is 40.9 Å². The Morgan fingerprint density at radius 3 is 2.86 bits per heavy atom. The van der Waals surface area contributed by atoms with Crippen LogP contribution in [0.1, 0.15) is 11.1 Å². The highest BCUT2D eigenvalue weighted by Crippen LogP contribution is 2.36. The fourth-order valence-electron chi connectivity index (χ4n) is 2.23. The molecule has 0 aliphatic carbocycles. The number of hydrogen-bond donors (Lipinski definition) is 1. The zero-order valence-corrected chi connectivity index (χ0v) is 12.7. The third-order valence-electron chi connectivity index (χ3n) is 3.29. The summed E-state index contributed by atoms with van der Waals surface area (Å²) in [5, 5.41) is 2.76. The summed E-state index contributed by atoms with van der Waals surface area (Å²) in [7, 11) is 1.56. The van der Waals surface area contributed by atoms with E-state index in [4.69, 9.17) is 4.74 Å². The molecule has 0 atom stereocenters. The van der Waals surface area contributed by atoms with Crippen molar-refractivity contribution in [3.8, 4) is 5.75 Å². The zero-order valence-electron chi connectivity index (χ0n) is 11.1. The van der Waals surface area contributed by atoms with E-state index in [2.05, 4.69) is 21.2 Å². The maximum absolute atomic E-state index is 14.0. The highest BCUT2D eigenvalue weighted by Gasteiger charge is 2.24. The third-order valence-corrected chi connectivity index (χ3v) is 3.90. The molecule has 1 N–H and O–H groups in total. The average Bonchev–Trinajstić information content (AvgIpc) is 2.79. The van der Waals surface area contributed by atoms with Crippen LogP contribution in [-0.2, 0) is 4.79 Å². The quantitative estimate of drug-likeness (QED) is 0.831. The number of anilines is 1. The molecule has 0 saturated heterocycles. The summed E-state index contributed by atoms with van der Waals surface area (Å²) in [4.78, 5) is 12.1. The first kappa shape index (κ1) is 13.8. The van der Waals surface area contributed by atoms with Crippen molar-refractivity contribution in [1.82, 2.24) is 0 Å². The number of fused-ring (bicyclic) bond motifs is 1. The molecule has 0 saturated carbocycles. The summed E-state index contributed by atoms with van der Waals surface area (Å²) in [5.74, 6) is 0.0151. The number of nitrogens with one attached hydrogen (secondary N) is 1. The molecule has 0 fully saturated rings. The number of carbonyl (C=O) groups excluding carboxylic acids is 1. The lowest BCUT2D eigenvalue weighted by Crippen LogP contribution is -2.03. The van der Waals surface area contributed by atoms with Crippen molar-refractivity contribution in [2.75, 3.05) is 12.4 Å². The minimum Gasteiger partial charge on any atom is -0.497 e. The van der Waals surface area contributed by atoms with E-state index in [0.717, 1.165) is 5.56 Å². The van der Waals surface area contributed by atoms with Crippen LogP contribution in [0.3, 0.4) is 0 Å². The van der Waals surface area contributed by atoms with Crippen LogP contribution in [0.2, 0.25) is 0 Å². The molecule has 0 aromatic heterocycles. The van der Waals surface area contributed by atoms with Crippen LogP contribution in [-0.4, -0.2) is 13.0 Å². The molecular weight excluding hydrogens is 337 g/mol. The fraction of sp³-hybridized carbons (Fsp3) is 0.0625. The summed E-state index contributed by atoms with van der Waals surface area (Å²) in [5.41, 5.74) is 2.20. The lowest BCUT2D eigenvalue weighted by Gasteiger charge is -2.03. The molecule has 0 bridgehead atoms. The van der Waals surface area contributed by atoms with E-state index in [-0.39, 0.29) is 11.7 Å². The van der Waals surface area contributed by atoms with Gasteiger partial charge in [-0.25, -0.2) is 4.39 Å². The Bertz CT molecular complexity index is 771. The monoisotopic (exact) mass is 347 g/mol. The molecule has 1 aliphatic rings. The van der Waals surface area contributed by atoms with E-state index in [1.54, 1.807) is 49.6 Å². The van der Waals surface area contributed by atoms with E-state index in [1.165, 1.54) is 0 Å². The van der Waals surface area contributed by atoms with Gasteiger partial charge < -0.3 is 10.1 Å². The second kappa shape index (κ2) is 5.33. The van der Waals surface area contributed by atoms with Crippen molar-refractivity contribution in [3.05, 3.63) is 57.8 Å². The summed E-state index contributed by atoms with van der Waals surface area (Å²) in [6.07, 6.45) is 1.55. The van der Waals surface area contributed by atoms with E-state index >= 15 is 0 Å². The van der Waals surface area contributed by atoms with Gasteiger partial charge in [-0.05, 0) is 40.2 Å². The highest BCUT2D eigenvalue weighted by atomic mass is 79.9. The SMILES string of the molecule is COc1ccc2c(c1)NC(=O)/C2=C/c1cccc(Br)c1F. The predicted molar refractivity (Wildman–Crippen MR) is 83.6 cm³/mol. The number of amides is 1. The highest BCUT2D eigenvalue weighted by molar-refractivity contribution is 9.10. The van der Waals surface area contributed by atoms with Gasteiger partial charge in [-0.15, -0.1) is 0 Å². The molecular formula is C16H11BrFNO2. The number of carbonyl (C=O) groups is 1. The molecule has 5 heteroatoms. The zero-order chi connectivity index (χ0) is 15.0. The second-order valence-electron chi connectivity index (χ2n) is 4.57. The smallest absolute Gasteiger partial charge is 0.256 e. The van der Waals surface area contributed by atoms with Crippen LogP contribution in [0, 0.1) is 5.82 Å². The minimum absolute atomic E-state index is 0.252. The predicted octanol–water partition coefficient (Wildman–Crippen LogP) is 4.09. The van der Waals surface area contributed by atoms with E-state index in [1.807, 2.05) is 0 Å². The first-order chi connectivity index (χ1) is 10.1. The van der Waals surface area contributed by atoms with Crippen molar-refractivity contribution < 1.29 is 13.9 Å². The van der Waals surface area contributed by atoms with Crippen LogP contribution >= 0.6 is 15.9 Å². The van der Waals surface area contributed by atoms with Gasteiger partial charge in [-0.3, -0.25) is 4.79 Å². The lowest BCUT2D eigenvalue weighted by molar-refractivity contribution is -0.110. The van der Waals surface area contributed by atoms with Crippen molar-refractivity contribution in [1.29, 1.82) is 0 Å². The van der Waals surface area contributed by atoms with E-state index < -0.39 is 0 Å². The van der Waals surface area contributed by atoms with Crippen LogP contribution in [0.25, 0.3) is 11.6 Å². The maximum Gasteiger partial charge on any atom is 0.256 e. The molecule has 3 rings (SSSR count). The van der Waals surface area contributed by atoms with Gasteiger partial charge in [0, 0.05) is 22.8 Å². The first-order valence-electron chi connectivity index (χ1n) is 6.25. The Balaban J connectivity index is 2.10. The Kier molecular flexibility index (Phi) is 3.51. The molecule has 0 spiro atoms. The largest absolute Gasteiger partial charge is 0.497 e. The Morgan fingerprint density at radius 2 is 2.10 bits per heavy atom. The Morgan fingerprint density at radius 1 is 1.29 bits per heavy atom. The van der Waals surface area contributed by atoms with Gasteiger partial charge in [-0.1, -0.05) is 12.1 Å². The van der Waals surface area contributed by atoms with Gasteiger partial charge in [0.1, 0.15) is 11.6 Å². The van der Waals surface area contributed by atoms with Gasteiger partial charge in [-0.2, -0.15) is 0 Å². The molecule has 1 heterocycles. The lowest BCUT2D eigenvalue weighted by atomic mass is 10.0. The number of halogens is 2. The Labute approximate surface area is 129 Å². The molecule has 2 aromatic rings. The average molecular weight is 348 g/mol. The molecule has 0 radical (unpaired) electrons. The summed E-state index contributed by atoms with van der Waals surface area (Å²) in [6, 6.07) is 10.3. The molecule has 1 amide bonds. The van der Waals surface area contributed by atoms with Gasteiger partial charge in [0.2, 0.25) is 0 Å². The Hall–Kier alpha value is -2.14. The van der Waals surface area contributed by atoms with E-state index in [0.29, 0.717) is 27.0 Å². The normalized spacial score (nSPS) is 15.0. The van der Waals surface area contributed by atoms with Gasteiger partial charge >= 0.3 is 0 Å². The minimum atomic E-state index is -0.389. The van der Waals surface area contributed by atoms with Gasteiger partial charge in [0.25, 0.3) is 5.91 Å². The number of rotatable bonds is 2. The molecule has 21 heavy (non-hydrogen) atoms. The first-order valence-corrected chi connectivity index (χ1v) is 7.05. The third kappa shape index (κ3) is 2.45. The number of benzene rings is 2. The summed E-state index contributed by atoms with van der Waals surface area (Å²) < 4.78 is 19.5. The van der Waals surface area contributed by atoms with E-state index in [9.17, 15) is 9.18 Å². The van der Waals surface area contributed by atoms with Crippen LogP contribution < -0.4 is 10.1 Å². The fourth-order valence-corrected chi connectivity index (χ4v) is 2.61.